The summed E-state index contributed by atoms with van der Waals surface area (Å²) in [5.41, 5.74) is 1.18. The highest BCUT2D eigenvalue weighted by Gasteiger charge is 2.05. The summed E-state index contributed by atoms with van der Waals surface area (Å²) in [5.74, 6) is 0. The first-order valence-corrected chi connectivity index (χ1v) is 5.17. The lowest BCUT2D eigenvalue weighted by molar-refractivity contribution is 0.0832. The van der Waals surface area contributed by atoms with E-state index in [-0.39, 0.29) is 6.10 Å². The standard InChI is InChI=1S/C13H18O/c1-3-5-11-14-13(4-2)12-9-7-6-8-10-12/h4,6-10,13H,2-3,5,11H2,1H3/t13-/m1/s1. The van der Waals surface area contributed by atoms with Crippen molar-refractivity contribution in [3.8, 4) is 0 Å². The molecule has 0 aliphatic rings. The Morgan fingerprint density at radius 3 is 2.64 bits per heavy atom. The second-order valence-electron chi connectivity index (χ2n) is 3.29. The highest BCUT2D eigenvalue weighted by atomic mass is 16.5. The molecule has 0 aliphatic heterocycles. The van der Waals surface area contributed by atoms with E-state index in [4.69, 9.17) is 4.74 Å². The maximum absolute atomic E-state index is 5.70. The van der Waals surface area contributed by atoms with Gasteiger partial charge in [-0.3, -0.25) is 0 Å². The van der Waals surface area contributed by atoms with E-state index in [9.17, 15) is 0 Å². The molecule has 0 radical (unpaired) electrons. The zero-order valence-corrected chi connectivity index (χ0v) is 8.78. The molecule has 0 saturated heterocycles. The Kier molecular flexibility index (Phi) is 5.02. The maximum atomic E-state index is 5.70. The summed E-state index contributed by atoms with van der Waals surface area (Å²) in [6.45, 7) is 6.76. The normalized spacial score (nSPS) is 12.4. The summed E-state index contributed by atoms with van der Waals surface area (Å²) in [6, 6.07) is 10.2. The molecule has 0 unspecified atom stereocenters. The summed E-state index contributed by atoms with van der Waals surface area (Å²) in [5, 5.41) is 0. The molecular weight excluding hydrogens is 172 g/mol. The quantitative estimate of drug-likeness (QED) is 0.490. The van der Waals surface area contributed by atoms with Crippen LogP contribution in [-0.4, -0.2) is 6.61 Å². The molecule has 0 saturated carbocycles. The van der Waals surface area contributed by atoms with Crippen LogP contribution in [0.5, 0.6) is 0 Å². The third-order valence-electron chi connectivity index (χ3n) is 2.14. The molecule has 0 amide bonds. The Morgan fingerprint density at radius 2 is 2.07 bits per heavy atom. The predicted molar refractivity (Wildman–Crippen MR) is 60.2 cm³/mol. The molecule has 0 heterocycles. The lowest BCUT2D eigenvalue weighted by Gasteiger charge is -2.13. The minimum absolute atomic E-state index is 0.0442. The molecule has 1 aromatic carbocycles. The van der Waals surface area contributed by atoms with Crippen molar-refractivity contribution in [3.63, 3.8) is 0 Å². The fraction of sp³-hybridized carbons (Fsp3) is 0.385. The second kappa shape index (κ2) is 6.39. The van der Waals surface area contributed by atoms with Gasteiger partial charge in [-0.25, -0.2) is 0 Å². The van der Waals surface area contributed by atoms with Crippen molar-refractivity contribution in [2.24, 2.45) is 0 Å². The van der Waals surface area contributed by atoms with Crippen molar-refractivity contribution in [2.45, 2.75) is 25.9 Å². The van der Waals surface area contributed by atoms with Gasteiger partial charge in [0.05, 0.1) is 0 Å². The van der Waals surface area contributed by atoms with Gasteiger partial charge in [-0.15, -0.1) is 6.58 Å². The molecule has 0 aliphatic carbocycles. The minimum Gasteiger partial charge on any atom is -0.369 e. The maximum Gasteiger partial charge on any atom is 0.100 e. The van der Waals surface area contributed by atoms with E-state index < -0.39 is 0 Å². The Hall–Kier alpha value is -1.08. The van der Waals surface area contributed by atoms with Crippen molar-refractivity contribution in [2.75, 3.05) is 6.61 Å². The molecule has 0 spiro atoms. The first kappa shape index (κ1) is 11.0. The first-order chi connectivity index (χ1) is 6.88. The van der Waals surface area contributed by atoms with Gasteiger partial charge >= 0.3 is 0 Å². The van der Waals surface area contributed by atoms with Gasteiger partial charge in [0.25, 0.3) is 0 Å². The third-order valence-corrected chi connectivity index (χ3v) is 2.14. The summed E-state index contributed by atoms with van der Waals surface area (Å²) in [4.78, 5) is 0. The van der Waals surface area contributed by atoms with Crippen LogP contribution in [0.15, 0.2) is 43.0 Å². The second-order valence-corrected chi connectivity index (χ2v) is 3.29. The van der Waals surface area contributed by atoms with Gasteiger partial charge in [0.1, 0.15) is 6.10 Å². The summed E-state index contributed by atoms with van der Waals surface area (Å²) in [6.07, 6.45) is 4.17. The van der Waals surface area contributed by atoms with Gasteiger partial charge in [0, 0.05) is 6.61 Å². The molecular formula is C13H18O. The fourth-order valence-corrected chi connectivity index (χ4v) is 1.30. The Bertz CT molecular complexity index is 253. The van der Waals surface area contributed by atoms with E-state index in [1.54, 1.807) is 0 Å². The molecule has 1 aromatic rings. The van der Waals surface area contributed by atoms with Crippen molar-refractivity contribution < 1.29 is 4.74 Å². The van der Waals surface area contributed by atoms with Crippen molar-refractivity contribution in [1.29, 1.82) is 0 Å². The van der Waals surface area contributed by atoms with Crippen LogP contribution in [0, 0.1) is 0 Å². The Morgan fingerprint density at radius 1 is 1.36 bits per heavy atom. The Labute approximate surface area is 86.4 Å². The molecule has 1 heteroatoms. The zero-order valence-electron chi connectivity index (χ0n) is 8.78. The molecule has 1 rings (SSSR count). The first-order valence-electron chi connectivity index (χ1n) is 5.17. The van der Waals surface area contributed by atoms with E-state index in [2.05, 4.69) is 25.6 Å². The van der Waals surface area contributed by atoms with Crippen molar-refractivity contribution in [1.82, 2.24) is 0 Å². The van der Waals surface area contributed by atoms with Crippen LogP contribution in [0.2, 0.25) is 0 Å². The van der Waals surface area contributed by atoms with Crippen LogP contribution in [-0.2, 0) is 4.74 Å². The smallest absolute Gasteiger partial charge is 0.100 e. The van der Waals surface area contributed by atoms with Gasteiger partial charge in [-0.05, 0) is 12.0 Å². The molecule has 76 valence electrons. The SMILES string of the molecule is C=C[C@@H](OCCCC)c1ccccc1. The summed E-state index contributed by atoms with van der Waals surface area (Å²) in [7, 11) is 0. The van der Waals surface area contributed by atoms with Gasteiger partial charge in [0.15, 0.2) is 0 Å². The zero-order chi connectivity index (χ0) is 10.2. The minimum atomic E-state index is 0.0442. The highest BCUT2D eigenvalue weighted by molar-refractivity contribution is 5.20. The van der Waals surface area contributed by atoms with E-state index in [1.165, 1.54) is 12.0 Å². The molecule has 0 aromatic heterocycles. The van der Waals surface area contributed by atoms with E-state index in [1.807, 2.05) is 24.3 Å². The van der Waals surface area contributed by atoms with Crippen LogP contribution in [0.3, 0.4) is 0 Å². The molecule has 0 bridgehead atoms. The largest absolute Gasteiger partial charge is 0.369 e. The molecule has 1 atom stereocenters. The van der Waals surface area contributed by atoms with Gasteiger partial charge in [-0.2, -0.15) is 0 Å². The topological polar surface area (TPSA) is 9.23 Å². The fourth-order valence-electron chi connectivity index (χ4n) is 1.30. The molecule has 0 N–H and O–H groups in total. The summed E-state index contributed by atoms with van der Waals surface area (Å²) < 4.78 is 5.70. The van der Waals surface area contributed by atoms with Crippen LogP contribution in [0.4, 0.5) is 0 Å². The Balaban J connectivity index is 2.50. The average Bonchev–Trinajstić information content (AvgIpc) is 2.26. The number of rotatable bonds is 6. The van der Waals surface area contributed by atoms with Gasteiger partial charge in [0.2, 0.25) is 0 Å². The highest BCUT2D eigenvalue weighted by Crippen LogP contribution is 2.18. The van der Waals surface area contributed by atoms with Crippen LogP contribution in [0.1, 0.15) is 31.4 Å². The number of hydrogen-bond donors (Lipinski definition) is 0. The summed E-state index contributed by atoms with van der Waals surface area (Å²) >= 11 is 0. The van der Waals surface area contributed by atoms with Crippen molar-refractivity contribution in [3.05, 3.63) is 48.6 Å². The number of hydrogen-bond acceptors (Lipinski definition) is 1. The molecule has 14 heavy (non-hydrogen) atoms. The molecule has 0 fully saturated rings. The number of benzene rings is 1. The van der Waals surface area contributed by atoms with Crippen LogP contribution in [0.25, 0.3) is 0 Å². The van der Waals surface area contributed by atoms with E-state index in [0.29, 0.717) is 0 Å². The van der Waals surface area contributed by atoms with Gasteiger partial charge < -0.3 is 4.74 Å². The van der Waals surface area contributed by atoms with Crippen LogP contribution < -0.4 is 0 Å². The van der Waals surface area contributed by atoms with E-state index in [0.717, 1.165) is 13.0 Å². The monoisotopic (exact) mass is 190 g/mol. The average molecular weight is 190 g/mol. The van der Waals surface area contributed by atoms with E-state index >= 15 is 0 Å². The predicted octanol–water partition coefficient (Wildman–Crippen LogP) is 3.73. The van der Waals surface area contributed by atoms with Gasteiger partial charge in [-0.1, -0.05) is 49.8 Å². The molecule has 1 nitrogen and oxygen atoms in total. The third kappa shape index (κ3) is 3.35. The lowest BCUT2D eigenvalue weighted by Crippen LogP contribution is -2.02. The van der Waals surface area contributed by atoms with Crippen molar-refractivity contribution >= 4 is 0 Å². The number of unbranched alkanes of at least 4 members (excludes halogenated alkanes) is 1. The number of ether oxygens (including phenoxy) is 1. The van der Waals surface area contributed by atoms with Crippen LogP contribution >= 0.6 is 0 Å². The lowest BCUT2D eigenvalue weighted by atomic mass is 10.1.